The highest BCUT2D eigenvalue weighted by Crippen LogP contribution is 2.29. The third-order valence-electron chi connectivity index (χ3n) is 2.80. The van der Waals surface area contributed by atoms with E-state index in [1.807, 2.05) is 53.2 Å². The van der Waals surface area contributed by atoms with Gasteiger partial charge in [0, 0.05) is 22.4 Å². The van der Waals surface area contributed by atoms with E-state index in [1.165, 1.54) is 0 Å². The predicted molar refractivity (Wildman–Crippen MR) is 74.9 cm³/mol. The zero-order chi connectivity index (χ0) is 12.5. The minimum Gasteiger partial charge on any atom is -0.496 e. The van der Waals surface area contributed by atoms with E-state index in [0.717, 1.165) is 27.1 Å². The molecule has 0 aliphatic heterocycles. The van der Waals surface area contributed by atoms with Crippen LogP contribution in [0.1, 0.15) is 0 Å². The molecule has 4 heteroatoms. The lowest BCUT2D eigenvalue weighted by molar-refractivity contribution is 0.416. The molecular weight excluding hydrogens is 292 g/mol. The van der Waals surface area contributed by atoms with E-state index in [9.17, 15) is 0 Å². The van der Waals surface area contributed by atoms with Crippen LogP contribution in [0.2, 0.25) is 0 Å². The van der Waals surface area contributed by atoms with Crippen molar-refractivity contribution in [2.75, 3.05) is 7.11 Å². The maximum absolute atomic E-state index is 5.36. The zero-order valence-electron chi connectivity index (χ0n) is 9.80. The molecule has 90 valence electrons. The fourth-order valence-electron chi connectivity index (χ4n) is 1.95. The monoisotopic (exact) mass is 302 g/mol. The van der Waals surface area contributed by atoms with Crippen molar-refractivity contribution in [2.24, 2.45) is 0 Å². The number of aromatic nitrogens is 2. The second-order valence-electron chi connectivity index (χ2n) is 3.94. The summed E-state index contributed by atoms with van der Waals surface area (Å²) in [6.07, 6.45) is 3.99. The Labute approximate surface area is 113 Å². The first-order chi connectivity index (χ1) is 8.78. The largest absolute Gasteiger partial charge is 0.496 e. The molecule has 1 aromatic carbocycles. The highest BCUT2D eigenvalue weighted by Gasteiger charge is 2.09. The number of pyridine rings is 1. The lowest BCUT2D eigenvalue weighted by atomic mass is 10.1. The van der Waals surface area contributed by atoms with Gasteiger partial charge in [-0.2, -0.15) is 0 Å². The third-order valence-corrected chi connectivity index (χ3v) is 3.27. The van der Waals surface area contributed by atoms with Gasteiger partial charge in [-0.3, -0.25) is 0 Å². The number of fused-ring (bicyclic) bond motifs is 1. The second kappa shape index (κ2) is 4.46. The molecule has 0 bridgehead atoms. The van der Waals surface area contributed by atoms with Gasteiger partial charge in [0.2, 0.25) is 0 Å². The van der Waals surface area contributed by atoms with Gasteiger partial charge in [0.15, 0.2) is 0 Å². The van der Waals surface area contributed by atoms with E-state index < -0.39 is 0 Å². The van der Waals surface area contributed by atoms with Gasteiger partial charge in [-0.25, -0.2) is 4.98 Å². The molecule has 0 amide bonds. The molecule has 0 N–H and O–H groups in total. The molecule has 3 nitrogen and oxygen atoms in total. The van der Waals surface area contributed by atoms with Crippen molar-refractivity contribution >= 4 is 21.6 Å². The summed E-state index contributed by atoms with van der Waals surface area (Å²) in [5.41, 5.74) is 2.82. The molecule has 0 spiro atoms. The Balaban J connectivity index is 2.19. The van der Waals surface area contributed by atoms with Crippen molar-refractivity contribution in [3.8, 4) is 17.0 Å². The van der Waals surface area contributed by atoms with Gasteiger partial charge in [0.05, 0.1) is 12.8 Å². The molecule has 3 aromatic rings. The van der Waals surface area contributed by atoms with Gasteiger partial charge in [-0.15, -0.1) is 0 Å². The smallest absolute Gasteiger partial charge is 0.137 e. The maximum Gasteiger partial charge on any atom is 0.137 e. The molecule has 0 radical (unpaired) electrons. The summed E-state index contributed by atoms with van der Waals surface area (Å²) < 4.78 is 8.38. The summed E-state index contributed by atoms with van der Waals surface area (Å²) in [5.74, 6) is 0.833. The Morgan fingerprint density at radius 3 is 2.78 bits per heavy atom. The molecule has 0 fully saturated rings. The number of benzene rings is 1. The first kappa shape index (κ1) is 11.3. The molecule has 0 saturated carbocycles. The average Bonchev–Trinajstić information content (AvgIpc) is 2.81. The van der Waals surface area contributed by atoms with E-state index >= 15 is 0 Å². The summed E-state index contributed by atoms with van der Waals surface area (Å²) >= 11 is 3.45. The van der Waals surface area contributed by atoms with Crippen LogP contribution in [0.5, 0.6) is 5.75 Å². The van der Waals surface area contributed by atoms with Gasteiger partial charge in [-0.05, 0) is 40.2 Å². The number of para-hydroxylation sites is 1. The number of imidazole rings is 1. The van der Waals surface area contributed by atoms with E-state index in [-0.39, 0.29) is 0 Å². The molecule has 3 rings (SSSR count). The fourth-order valence-corrected chi connectivity index (χ4v) is 2.30. The number of ether oxygens (including phenoxy) is 1. The Morgan fingerprint density at radius 2 is 1.94 bits per heavy atom. The molecule has 0 aliphatic carbocycles. The molecule has 18 heavy (non-hydrogen) atoms. The van der Waals surface area contributed by atoms with Crippen molar-refractivity contribution in [3.63, 3.8) is 0 Å². The van der Waals surface area contributed by atoms with E-state index in [2.05, 4.69) is 20.9 Å². The first-order valence-corrected chi connectivity index (χ1v) is 6.35. The van der Waals surface area contributed by atoms with Crippen LogP contribution in [0.15, 0.2) is 53.3 Å². The molecule has 0 atom stereocenters. The standard InChI is InChI=1S/C14H11BrN2O/c1-18-13-5-3-2-4-11(13)12-9-17-8-10(15)6-7-14(17)16-12/h2-9H,1H3. The summed E-state index contributed by atoms with van der Waals surface area (Å²) in [6.45, 7) is 0. The quantitative estimate of drug-likeness (QED) is 0.720. The number of rotatable bonds is 2. The van der Waals surface area contributed by atoms with Crippen molar-refractivity contribution in [1.29, 1.82) is 0 Å². The number of hydrogen-bond donors (Lipinski definition) is 0. The summed E-state index contributed by atoms with van der Waals surface area (Å²) in [5, 5.41) is 0. The van der Waals surface area contributed by atoms with Crippen molar-refractivity contribution in [2.45, 2.75) is 0 Å². The molecule has 0 saturated heterocycles. The normalized spacial score (nSPS) is 10.8. The van der Waals surface area contributed by atoms with Gasteiger partial charge < -0.3 is 9.14 Å². The highest BCUT2D eigenvalue weighted by molar-refractivity contribution is 9.10. The molecule has 0 unspecified atom stereocenters. The van der Waals surface area contributed by atoms with Gasteiger partial charge in [-0.1, -0.05) is 12.1 Å². The minimum atomic E-state index is 0.833. The molecular formula is C14H11BrN2O. The summed E-state index contributed by atoms with van der Waals surface area (Å²) in [6, 6.07) is 11.8. The van der Waals surface area contributed by atoms with Crippen LogP contribution >= 0.6 is 15.9 Å². The molecule has 2 heterocycles. The fraction of sp³-hybridized carbons (Fsp3) is 0.0714. The Kier molecular flexibility index (Phi) is 2.80. The second-order valence-corrected chi connectivity index (χ2v) is 4.85. The van der Waals surface area contributed by atoms with Crippen LogP contribution in [-0.2, 0) is 0 Å². The van der Waals surface area contributed by atoms with E-state index in [0.29, 0.717) is 0 Å². The van der Waals surface area contributed by atoms with Crippen molar-refractivity contribution < 1.29 is 4.74 Å². The van der Waals surface area contributed by atoms with Crippen LogP contribution < -0.4 is 4.74 Å². The molecule has 2 aromatic heterocycles. The minimum absolute atomic E-state index is 0.833. The zero-order valence-corrected chi connectivity index (χ0v) is 11.4. The Morgan fingerprint density at radius 1 is 1.11 bits per heavy atom. The van der Waals surface area contributed by atoms with Crippen molar-refractivity contribution in [3.05, 3.63) is 53.3 Å². The first-order valence-electron chi connectivity index (χ1n) is 5.55. The van der Waals surface area contributed by atoms with Gasteiger partial charge in [0.1, 0.15) is 11.4 Å². The average molecular weight is 303 g/mol. The van der Waals surface area contributed by atoms with Crippen LogP contribution in [0.3, 0.4) is 0 Å². The van der Waals surface area contributed by atoms with Crippen LogP contribution in [-0.4, -0.2) is 16.5 Å². The SMILES string of the molecule is COc1ccccc1-c1cn2cc(Br)ccc2n1. The predicted octanol–water partition coefficient (Wildman–Crippen LogP) is 3.77. The van der Waals surface area contributed by atoms with E-state index in [1.54, 1.807) is 7.11 Å². The lowest BCUT2D eigenvalue weighted by Gasteiger charge is -2.04. The third kappa shape index (κ3) is 1.88. The van der Waals surface area contributed by atoms with E-state index in [4.69, 9.17) is 4.74 Å². The van der Waals surface area contributed by atoms with Crippen LogP contribution in [0.4, 0.5) is 0 Å². The molecule has 0 aliphatic rings. The van der Waals surface area contributed by atoms with Crippen molar-refractivity contribution in [1.82, 2.24) is 9.38 Å². The van der Waals surface area contributed by atoms with Gasteiger partial charge >= 0.3 is 0 Å². The van der Waals surface area contributed by atoms with Crippen LogP contribution in [0, 0.1) is 0 Å². The number of hydrogen-bond acceptors (Lipinski definition) is 2. The highest BCUT2D eigenvalue weighted by atomic mass is 79.9. The lowest BCUT2D eigenvalue weighted by Crippen LogP contribution is -1.86. The maximum atomic E-state index is 5.36. The number of halogens is 1. The Hall–Kier alpha value is -1.81. The number of methoxy groups -OCH3 is 1. The number of nitrogens with zero attached hydrogens (tertiary/aromatic N) is 2. The van der Waals surface area contributed by atoms with Gasteiger partial charge in [0.25, 0.3) is 0 Å². The Bertz CT molecular complexity index is 706. The topological polar surface area (TPSA) is 26.5 Å². The summed E-state index contributed by atoms with van der Waals surface area (Å²) in [7, 11) is 1.67. The van der Waals surface area contributed by atoms with Crippen LogP contribution in [0.25, 0.3) is 16.9 Å². The summed E-state index contributed by atoms with van der Waals surface area (Å²) in [4.78, 5) is 4.59.